The molecule has 0 aromatic heterocycles. The zero-order valence-corrected chi connectivity index (χ0v) is 16.8. The van der Waals surface area contributed by atoms with Gasteiger partial charge in [-0.2, -0.15) is 0 Å². The summed E-state index contributed by atoms with van der Waals surface area (Å²) >= 11 is 0. The van der Waals surface area contributed by atoms with Crippen molar-refractivity contribution >= 4 is 11.9 Å². The smallest absolute Gasteiger partial charge is 0.406 e. The molecule has 0 radical (unpaired) electrons. The summed E-state index contributed by atoms with van der Waals surface area (Å²) in [6.45, 7) is 7.68. The molecule has 160 valence electrons. The zero-order chi connectivity index (χ0) is 21.4. The van der Waals surface area contributed by atoms with E-state index in [4.69, 9.17) is 0 Å². The number of nitrogens with one attached hydrogen (secondary N) is 1. The first-order chi connectivity index (χ1) is 13.4. The number of hydrogen-bond donors (Lipinski definition) is 1. The van der Waals surface area contributed by atoms with E-state index in [9.17, 15) is 22.8 Å². The first-order valence-corrected chi connectivity index (χ1v) is 9.64. The SMILES string of the molecule is CC(C)(C)NC(=O)N1CCN(C(=O)[C@@H]2C[C@H]2c2ccc(OC(F)(F)F)cc2)CC1. The van der Waals surface area contributed by atoms with Crippen molar-refractivity contribution in [3.05, 3.63) is 29.8 Å². The van der Waals surface area contributed by atoms with E-state index < -0.39 is 6.36 Å². The number of carbonyl (C=O) groups is 2. The molecule has 9 heteroatoms. The number of halogens is 3. The molecular formula is C20H26F3N3O3. The first kappa shape index (κ1) is 21.3. The molecule has 0 bridgehead atoms. The number of benzene rings is 1. The Labute approximate surface area is 168 Å². The Balaban J connectivity index is 1.49. The van der Waals surface area contributed by atoms with Gasteiger partial charge in [0, 0.05) is 37.6 Å². The minimum Gasteiger partial charge on any atom is -0.406 e. The zero-order valence-electron chi connectivity index (χ0n) is 16.8. The van der Waals surface area contributed by atoms with Gasteiger partial charge < -0.3 is 19.9 Å². The lowest BCUT2D eigenvalue weighted by molar-refractivity contribution is -0.274. The number of rotatable bonds is 3. The van der Waals surface area contributed by atoms with Gasteiger partial charge in [0.1, 0.15) is 5.75 Å². The molecule has 1 saturated carbocycles. The first-order valence-electron chi connectivity index (χ1n) is 9.64. The summed E-state index contributed by atoms with van der Waals surface area (Å²) in [4.78, 5) is 28.4. The molecule has 6 nitrogen and oxygen atoms in total. The Hall–Kier alpha value is -2.45. The van der Waals surface area contributed by atoms with Crippen molar-refractivity contribution in [1.82, 2.24) is 15.1 Å². The van der Waals surface area contributed by atoms with Gasteiger partial charge >= 0.3 is 12.4 Å². The lowest BCUT2D eigenvalue weighted by Gasteiger charge is -2.36. The molecule has 0 spiro atoms. The fraction of sp³-hybridized carbons (Fsp3) is 0.600. The van der Waals surface area contributed by atoms with E-state index in [2.05, 4.69) is 10.1 Å². The molecule has 2 atom stereocenters. The number of hydrogen-bond acceptors (Lipinski definition) is 3. The second-order valence-corrected chi connectivity index (χ2v) is 8.56. The second-order valence-electron chi connectivity index (χ2n) is 8.56. The molecule has 29 heavy (non-hydrogen) atoms. The number of nitrogens with zero attached hydrogens (tertiary/aromatic N) is 2. The van der Waals surface area contributed by atoms with Crippen molar-refractivity contribution in [3.8, 4) is 5.75 Å². The quantitative estimate of drug-likeness (QED) is 0.827. The molecule has 1 aliphatic carbocycles. The van der Waals surface area contributed by atoms with E-state index in [0.29, 0.717) is 32.6 Å². The van der Waals surface area contributed by atoms with Crippen LogP contribution in [0, 0.1) is 5.92 Å². The second kappa shape index (κ2) is 7.76. The molecule has 1 aliphatic heterocycles. The van der Waals surface area contributed by atoms with Gasteiger partial charge in [-0.3, -0.25) is 4.79 Å². The fourth-order valence-corrected chi connectivity index (χ4v) is 3.52. The highest BCUT2D eigenvalue weighted by atomic mass is 19.4. The van der Waals surface area contributed by atoms with Gasteiger partial charge in [0.15, 0.2) is 0 Å². The summed E-state index contributed by atoms with van der Waals surface area (Å²) in [5.74, 6) is -0.361. The van der Waals surface area contributed by atoms with E-state index in [0.717, 1.165) is 5.56 Å². The van der Waals surface area contributed by atoms with Crippen LogP contribution in [0.5, 0.6) is 5.75 Å². The number of urea groups is 1. The molecule has 2 aliphatic rings. The highest BCUT2D eigenvalue weighted by Gasteiger charge is 2.46. The summed E-state index contributed by atoms with van der Waals surface area (Å²) < 4.78 is 40.6. The topological polar surface area (TPSA) is 61.9 Å². The molecule has 1 aromatic rings. The van der Waals surface area contributed by atoms with Crippen LogP contribution in [-0.4, -0.2) is 59.8 Å². The minimum absolute atomic E-state index is 0.0182. The van der Waals surface area contributed by atoms with Crippen molar-refractivity contribution in [2.75, 3.05) is 26.2 Å². The van der Waals surface area contributed by atoms with Gasteiger partial charge in [-0.25, -0.2) is 4.79 Å². The molecule has 1 saturated heterocycles. The van der Waals surface area contributed by atoms with Gasteiger partial charge in [-0.05, 0) is 50.8 Å². The van der Waals surface area contributed by atoms with E-state index in [-0.39, 0.29) is 35.1 Å². The minimum atomic E-state index is -4.72. The highest BCUT2D eigenvalue weighted by molar-refractivity contribution is 5.83. The highest BCUT2D eigenvalue weighted by Crippen LogP contribution is 2.48. The van der Waals surface area contributed by atoms with Crippen LogP contribution in [0.1, 0.15) is 38.7 Å². The number of carbonyl (C=O) groups excluding carboxylic acids is 2. The average Bonchev–Trinajstić information content (AvgIpc) is 3.40. The fourth-order valence-electron chi connectivity index (χ4n) is 3.52. The molecule has 1 heterocycles. The Morgan fingerprint density at radius 3 is 2.07 bits per heavy atom. The van der Waals surface area contributed by atoms with Crippen LogP contribution in [0.3, 0.4) is 0 Å². The molecule has 0 unspecified atom stereocenters. The maximum atomic E-state index is 12.7. The summed E-state index contributed by atoms with van der Waals surface area (Å²) in [5, 5.41) is 2.92. The van der Waals surface area contributed by atoms with Crippen LogP contribution in [-0.2, 0) is 4.79 Å². The Bertz CT molecular complexity index is 751. The normalized spacial score (nSPS) is 22.3. The van der Waals surface area contributed by atoms with Crippen LogP contribution < -0.4 is 10.1 Å². The van der Waals surface area contributed by atoms with E-state index in [1.165, 1.54) is 12.1 Å². The summed E-state index contributed by atoms with van der Waals surface area (Å²) in [6.07, 6.45) is -4.03. The summed E-state index contributed by atoms with van der Waals surface area (Å²) in [6, 6.07) is 5.57. The van der Waals surface area contributed by atoms with Gasteiger partial charge in [-0.1, -0.05) is 12.1 Å². The third-order valence-corrected chi connectivity index (χ3v) is 5.01. The molecule has 3 rings (SSSR count). The lowest BCUT2D eigenvalue weighted by atomic mass is 10.1. The van der Waals surface area contributed by atoms with Crippen molar-refractivity contribution in [2.24, 2.45) is 5.92 Å². The van der Waals surface area contributed by atoms with E-state index in [1.54, 1.807) is 21.9 Å². The molecular weight excluding hydrogens is 387 g/mol. The van der Waals surface area contributed by atoms with Crippen LogP contribution >= 0.6 is 0 Å². The largest absolute Gasteiger partial charge is 0.573 e. The van der Waals surface area contributed by atoms with Crippen molar-refractivity contribution in [3.63, 3.8) is 0 Å². The van der Waals surface area contributed by atoms with Crippen LogP contribution in [0.15, 0.2) is 24.3 Å². The maximum Gasteiger partial charge on any atom is 0.573 e. The number of piperazine rings is 1. The van der Waals surface area contributed by atoms with Crippen molar-refractivity contribution < 1.29 is 27.5 Å². The van der Waals surface area contributed by atoms with Crippen molar-refractivity contribution in [1.29, 1.82) is 0 Å². The number of ether oxygens (including phenoxy) is 1. The Morgan fingerprint density at radius 2 is 1.55 bits per heavy atom. The van der Waals surface area contributed by atoms with Gasteiger partial charge in [0.05, 0.1) is 0 Å². The molecule has 1 aromatic carbocycles. The summed E-state index contributed by atoms with van der Waals surface area (Å²) in [5.41, 5.74) is 0.521. The van der Waals surface area contributed by atoms with Gasteiger partial charge in [0.2, 0.25) is 5.91 Å². The van der Waals surface area contributed by atoms with Crippen LogP contribution in [0.2, 0.25) is 0 Å². The van der Waals surface area contributed by atoms with Crippen LogP contribution in [0.4, 0.5) is 18.0 Å². The number of amides is 3. The van der Waals surface area contributed by atoms with Gasteiger partial charge in [-0.15, -0.1) is 13.2 Å². The Morgan fingerprint density at radius 1 is 1.00 bits per heavy atom. The van der Waals surface area contributed by atoms with Crippen LogP contribution in [0.25, 0.3) is 0 Å². The third-order valence-electron chi connectivity index (χ3n) is 5.01. The monoisotopic (exact) mass is 413 g/mol. The lowest BCUT2D eigenvalue weighted by Crippen LogP contribution is -2.56. The molecule has 1 N–H and O–H groups in total. The van der Waals surface area contributed by atoms with E-state index >= 15 is 0 Å². The maximum absolute atomic E-state index is 12.7. The standard InChI is InChI=1S/C20H26F3N3O3/c1-19(2,3)24-18(28)26-10-8-25(9-11-26)17(27)16-12-15(16)13-4-6-14(7-5-13)29-20(21,22)23/h4-7,15-16H,8-12H2,1-3H3,(H,24,28)/t15-,16+/m0/s1. The molecule has 3 amide bonds. The van der Waals surface area contributed by atoms with Crippen molar-refractivity contribution in [2.45, 2.75) is 45.0 Å². The molecule has 2 fully saturated rings. The third kappa shape index (κ3) is 5.77. The Kier molecular flexibility index (Phi) is 5.69. The van der Waals surface area contributed by atoms with E-state index in [1.807, 2.05) is 20.8 Å². The average molecular weight is 413 g/mol. The van der Waals surface area contributed by atoms with Gasteiger partial charge in [0.25, 0.3) is 0 Å². The summed E-state index contributed by atoms with van der Waals surface area (Å²) in [7, 11) is 0. The predicted octanol–water partition coefficient (Wildman–Crippen LogP) is 3.34. The number of alkyl halides is 3. The predicted molar refractivity (Wildman–Crippen MR) is 100 cm³/mol.